The summed E-state index contributed by atoms with van der Waals surface area (Å²) < 4.78 is 0. The van der Waals surface area contributed by atoms with Crippen molar-refractivity contribution >= 4 is 58.4 Å². The van der Waals surface area contributed by atoms with E-state index in [9.17, 15) is 0 Å². The molecule has 0 aromatic heterocycles. The van der Waals surface area contributed by atoms with Crippen LogP contribution in [0, 0.1) is 27.7 Å². The summed E-state index contributed by atoms with van der Waals surface area (Å²) >= 11 is 0. The Hall–Kier alpha value is -6.38. The molecule has 0 heterocycles. The molecular formula is C50H44N2. The lowest BCUT2D eigenvalue weighted by Gasteiger charge is -2.27. The van der Waals surface area contributed by atoms with Crippen molar-refractivity contribution in [3.05, 3.63) is 214 Å². The van der Waals surface area contributed by atoms with E-state index in [1.165, 1.54) is 44.8 Å². The molecule has 0 atom stereocenters. The summed E-state index contributed by atoms with van der Waals surface area (Å²) in [6, 6.07) is 60.7. The van der Waals surface area contributed by atoms with Crippen LogP contribution in [0.2, 0.25) is 0 Å². The highest BCUT2D eigenvalue weighted by Gasteiger charge is 2.15. The Kier molecular flexibility index (Phi) is 10.3. The molecule has 2 heteroatoms. The molecular weight excluding hydrogens is 629 g/mol. The van der Waals surface area contributed by atoms with E-state index in [-0.39, 0.29) is 0 Å². The van der Waals surface area contributed by atoms with E-state index in [2.05, 4.69) is 232 Å². The minimum Gasteiger partial charge on any atom is -0.310 e. The van der Waals surface area contributed by atoms with Crippen LogP contribution in [0.4, 0.5) is 34.1 Å². The monoisotopic (exact) mass is 672 g/mol. The lowest BCUT2D eigenvalue weighted by molar-refractivity contribution is 1.24. The molecule has 0 aliphatic heterocycles. The molecule has 0 saturated carbocycles. The van der Waals surface area contributed by atoms with E-state index in [0.29, 0.717) is 0 Å². The van der Waals surface area contributed by atoms with Crippen LogP contribution in [-0.4, -0.2) is 0 Å². The van der Waals surface area contributed by atoms with Gasteiger partial charge >= 0.3 is 0 Å². The number of hydrogen-bond acceptors (Lipinski definition) is 2. The summed E-state index contributed by atoms with van der Waals surface area (Å²) in [4.78, 5) is 4.66. The second-order valence-corrected chi connectivity index (χ2v) is 13.4. The van der Waals surface area contributed by atoms with Crippen LogP contribution in [0.3, 0.4) is 0 Å². The van der Waals surface area contributed by atoms with Crippen molar-refractivity contribution in [3.63, 3.8) is 0 Å². The van der Waals surface area contributed by atoms with Crippen molar-refractivity contribution in [2.75, 3.05) is 9.80 Å². The summed E-state index contributed by atoms with van der Waals surface area (Å²) in [6.07, 6.45) is 8.80. The van der Waals surface area contributed by atoms with Gasteiger partial charge in [-0.1, -0.05) is 145 Å². The van der Waals surface area contributed by atoms with Crippen molar-refractivity contribution in [1.82, 2.24) is 0 Å². The standard InChI is InChI=1S/C50H44N2/c1-37-17-29-45(30-18-37)51(49-15-9-5-11-39(49)3)47-33-23-41(24-34-47)21-27-43-13-7-8-14-44(43)28-22-42-25-35-48(36-26-42)52(46-31-19-38(2)20-32-46)50-16-10-6-12-40(50)4/h5-36H,1-4H3. The second kappa shape index (κ2) is 15.7. The molecule has 254 valence electrons. The number of hydrogen-bond donors (Lipinski definition) is 0. The van der Waals surface area contributed by atoms with Gasteiger partial charge in [0, 0.05) is 34.1 Å². The first kappa shape index (κ1) is 34.1. The van der Waals surface area contributed by atoms with Crippen molar-refractivity contribution < 1.29 is 0 Å². The van der Waals surface area contributed by atoms with Gasteiger partial charge in [0.25, 0.3) is 0 Å². The normalized spacial score (nSPS) is 11.3. The van der Waals surface area contributed by atoms with Gasteiger partial charge in [0.1, 0.15) is 0 Å². The molecule has 7 rings (SSSR count). The maximum Gasteiger partial charge on any atom is 0.0490 e. The van der Waals surface area contributed by atoms with E-state index in [1.807, 2.05) is 0 Å². The van der Waals surface area contributed by atoms with Crippen LogP contribution in [-0.2, 0) is 0 Å². The Morgan fingerprint density at radius 2 is 0.615 bits per heavy atom. The molecule has 52 heavy (non-hydrogen) atoms. The maximum absolute atomic E-state index is 2.33. The molecule has 0 unspecified atom stereocenters. The molecule has 0 fully saturated rings. The van der Waals surface area contributed by atoms with Crippen LogP contribution in [0.1, 0.15) is 44.5 Å². The van der Waals surface area contributed by atoms with Gasteiger partial charge in [-0.25, -0.2) is 0 Å². The SMILES string of the molecule is Cc1ccc(N(c2ccc(C=Cc3ccccc3C=Cc3ccc(N(c4ccc(C)cc4)c4ccccc4C)cc3)cc2)c2ccccc2C)cc1. The first-order chi connectivity index (χ1) is 25.4. The van der Waals surface area contributed by atoms with E-state index in [4.69, 9.17) is 0 Å². The van der Waals surface area contributed by atoms with Crippen molar-refractivity contribution in [2.24, 2.45) is 0 Å². The molecule has 7 aromatic rings. The average Bonchev–Trinajstić information content (AvgIpc) is 3.17. The Labute approximate surface area is 309 Å². The fourth-order valence-electron chi connectivity index (χ4n) is 6.53. The predicted octanol–water partition coefficient (Wildman–Crippen LogP) is 14.2. The largest absolute Gasteiger partial charge is 0.310 e. The van der Waals surface area contributed by atoms with Gasteiger partial charge in [-0.05, 0) is 122 Å². The van der Waals surface area contributed by atoms with E-state index in [1.54, 1.807) is 0 Å². The van der Waals surface area contributed by atoms with Gasteiger partial charge in [-0.2, -0.15) is 0 Å². The van der Waals surface area contributed by atoms with Crippen LogP contribution in [0.25, 0.3) is 24.3 Å². The van der Waals surface area contributed by atoms with Crippen LogP contribution < -0.4 is 9.80 Å². The molecule has 0 spiro atoms. The zero-order chi connectivity index (χ0) is 35.9. The predicted molar refractivity (Wildman–Crippen MR) is 225 cm³/mol. The molecule has 0 aliphatic rings. The minimum atomic E-state index is 1.13. The van der Waals surface area contributed by atoms with Gasteiger partial charge in [-0.15, -0.1) is 0 Å². The number of aryl methyl sites for hydroxylation is 4. The molecule has 0 radical (unpaired) electrons. The molecule has 0 saturated heterocycles. The van der Waals surface area contributed by atoms with Gasteiger partial charge in [0.05, 0.1) is 0 Å². The molecule has 0 amide bonds. The summed E-state index contributed by atoms with van der Waals surface area (Å²) in [5.41, 5.74) is 16.5. The van der Waals surface area contributed by atoms with Gasteiger partial charge in [0.2, 0.25) is 0 Å². The fraction of sp³-hybridized carbons (Fsp3) is 0.0800. The third-order valence-corrected chi connectivity index (χ3v) is 9.51. The molecule has 7 aromatic carbocycles. The Morgan fingerprint density at radius 3 is 0.962 bits per heavy atom. The number of rotatable bonds is 10. The fourth-order valence-corrected chi connectivity index (χ4v) is 6.53. The third kappa shape index (κ3) is 7.83. The number of benzene rings is 7. The lowest BCUT2D eigenvalue weighted by Crippen LogP contribution is -2.11. The Bertz CT molecular complexity index is 2140. The van der Waals surface area contributed by atoms with Crippen LogP contribution in [0.15, 0.2) is 170 Å². The third-order valence-electron chi connectivity index (χ3n) is 9.51. The van der Waals surface area contributed by atoms with E-state index in [0.717, 1.165) is 33.9 Å². The summed E-state index contributed by atoms with van der Waals surface area (Å²) in [6.45, 7) is 8.59. The second-order valence-electron chi connectivity index (χ2n) is 13.4. The molecule has 0 aliphatic carbocycles. The molecule has 2 nitrogen and oxygen atoms in total. The molecule has 0 bridgehead atoms. The van der Waals surface area contributed by atoms with Gasteiger partial charge in [-0.3, -0.25) is 0 Å². The lowest BCUT2D eigenvalue weighted by atomic mass is 10.0. The first-order valence-corrected chi connectivity index (χ1v) is 17.9. The number of nitrogens with zero attached hydrogens (tertiary/aromatic N) is 2. The highest BCUT2D eigenvalue weighted by atomic mass is 15.1. The quantitative estimate of drug-likeness (QED) is 0.133. The highest BCUT2D eigenvalue weighted by molar-refractivity contribution is 5.83. The summed E-state index contributed by atoms with van der Waals surface area (Å²) in [7, 11) is 0. The van der Waals surface area contributed by atoms with Crippen LogP contribution in [0.5, 0.6) is 0 Å². The zero-order valence-electron chi connectivity index (χ0n) is 30.4. The summed E-state index contributed by atoms with van der Waals surface area (Å²) in [5, 5.41) is 0. The summed E-state index contributed by atoms with van der Waals surface area (Å²) in [5.74, 6) is 0. The Morgan fingerprint density at radius 1 is 0.308 bits per heavy atom. The van der Waals surface area contributed by atoms with E-state index < -0.39 is 0 Å². The topological polar surface area (TPSA) is 6.48 Å². The van der Waals surface area contributed by atoms with Crippen molar-refractivity contribution in [3.8, 4) is 0 Å². The van der Waals surface area contributed by atoms with E-state index >= 15 is 0 Å². The van der Waals surface area contributed by atoms with Crippen molar-refractivity contribution in [1.29, 1.82) is 0 Å². The average molecular weight is 673 g/mol. The van der Waals surface area contributed by atoms with Gasteiger partial charge < -0.3 is 9.80 Å². The zero-order valence-corrected chi connectivity index (χ0v) is 30.4. The number of anilines is 6. The maximum atomic E-state index is 2.33. The highest BCUT2D eigenvalue weighted by Crippen LogP contribution is 2.38. The van der Waals surface area contributed by atoms with Gasteiger partial charge in [0.15, 0.2) is 0 Å². The smallest absolute Gasteiger partial charge is 0.0490 e. The number of para-hydroxylation sites is 2. The van der Waals surface area contributed by atoms with Crippen LogP contribution >= 0.6 is 0 Å². The minimum absolute atomic E-state index is 1.13. The first-order valence-electron chi connectivity index (χ1n) is 17.9. The molecule has 0 N–H and O–H groups in total. The Balaban J connectivity index is 1.10. The van der Waals surface area contributed by atoms with Crippen molar-refractivity contribution in [2.45, 2.75) is 27.7 Å².